The van der Waals surface area contributed by atoms with Gasteiger partial charge in [0.2, 0.25) is 0 Å². The molecule has 1 atom stereocenters. The zero-order valence-corrected chi connectivity index (χ0v) is 8.75. The van der Waals surface area contributed by atoms with Crippen LogP contribution in [0.15, 0.2) is 12.1 Å². The molecule has 7 heteroatoms. The molecule has 0 amide bonds. The molecule has 0 aromatic heterocycles. The Hall–Kier alpha value is -2.46. The molecule has 0 aliphatic carbocycles. The van der Waals surface area contributed by atoms with E-state index in [-0.39, 0.29) is 22.4 Å². The zero-order chi connectivity index (χ0) is 13.2. The fourth-order valence-corrected chi connectivity index (χ4v) is 1.33. The summed E-state index contributed by atoms with van der Waals surface area (Å²) in [5.74, 6) is -1.54. The monoisotopic (exact) mass is 236 g/mol. The van der Waals surface area contributed by atoms with E-state index >= 15 is 0 Å². The van der Waals surface area contributed by atoms with Gasteiger partial charge in [0.25, 0.3) is 5.69 Å². The predicted molar refractivity (Wildman–Crippen MR) is 55.1 cm³/mol. The van der Waals surface area contributed by atoms with Gasteiger partial charge in [-0.1, -0.05) is 0 Å². The molecule has 0 saturated carbocycles. The number of nitro benzene ring substituents is 1. The highest BCUT2D eigenvalue weighted by atomic mass is 16.6. The number of aliphatic carboxylic acids is 1. The van der Waals surface area contributed by atoms with E-state index in [1.165, 1.54) is 6.92 Å². The number of carboxylic acids is 1. The lowest BCUT2D eigenvalue weighted by Gasteiger charge is -2.08. The third-order valence-corrected chi connectivity index (χ3v) is 2.27. The minimum Gasteiger partial charge on any atom is -0.479 e. The molecule has 1 rings (SSSR count). The van der Waals surface area contributed by atoms with Crippen LogP contribution in [0.5, 0.6) is 0 Å². The first-order valence-electron chi connectivity index (χ1n) is 4.48. The number of nitrogens with zero attached hydrogens (tertiary/aromatic N) is 2. The van der Waals surface area contributed by atoms with Crippen LogP contribution in [0, 0.1) is 28.4 Å². The van der Waals surface area contributed by atoms with Crippen LogP contribution < -0.4 is 0 Å². The molecule has 0 aliphatic heterocycles. The summed E-state index contributed by atoms with van der Waals surface area (Å²) in [6.45, 7) is 1.38. The van der Waals surface area contributed by atoms with Crippen molar-refractivity contribution in [1.29, 1.82) is 5.26 Å². The number of nitriles is 1. The second-order valence-corrected chi connectivity index (χ2v) is 3.32. The van der Waals surface area contributed by atoms with Gasteiger partial charge in [-0.05, 0) is 18.6 Å². The highest BCUT2D eigenvalue weighted by Gasteiger charge is 2.23. The maximum absolute atomic E-state index is 10.7. The largest absolute Gasteiger partial charge is 0.479 e. The van der Waals surface area contributed by atoms with Crippen LogP contribution in [0.4, 0.5) is 5.69 Å². The molecule has 2 N–H and O–H groups in total. The van der Waals surface area contributed by atoms with E-state index in [0.29, 0.717) is 0 Å². The van der Waals surface area contributed by atoms with Gasteiger partial charge in [-0.2, -0.15) is 5.26 Å². The average Bonchev–Trinajstić information content (AvgIpc) is 2.27. The lowest BCUT2D eigenvalue weighted by Crippen LogP contribution is -2.11. The van der Waals surface area contributed by atoms with Crippen LogP contribution in [0.3, 0.4) is 0 Å². The Morgan fingerprint density at radius 3 is 2.59 bits per heavy atom. The van der Waals surface area contributed by atoms with Crippen LogP contribution >= 0.6 is 0 Å². The Kier molecular flexibility index (Phi) is 3.40. The van der Waals surface area contributed by atoms with E-state index in [4.69, 9.17) is 10.4 Å². The van der Waals surface area contributed by atoms with E-state index in [1.54, 1.807) is 6.07 Å². The first-order valence-corrected chi connectivity index (χ1v) is 4.48. The normalized spacial score (nSPS) is 11.6. The quantitative estimate of drug-likeness (QED) is 0.593. The number of hydrogen-bond donors (Lipinski definition) is 2. The van der Waals surface area contributed by atoms with Crippen molar-refractivity contribution in [2.24, 2.45) is 0 Å². The van der Waals surface area contributed by atoms with Crippen molar-refractivity contribution in [2.45, 2.75) is 13.0 Å². The minimum atomic E-state index is -1.89. The van der Waals surface area contributed by atoms with E-state index in [9.17, 15) is 20.0 Å². The molecule has 0 spiro atoms. The molecule has 0 radical (unpaired) electrons. The van der Waals surface area contributed by atoms with E-state index in [0.717, 1.165) is 12.1 Å². The van der Waals surface area contributed by atoms with Crippen molar-refractivity contribution in [3.63, 3.8) is 0 Å². The smallest absolute Gasteiger partial charge is 0.337 e. The summed E-state index contributed by atoms with van der Waals surface area (Å²) >= 11 is 0. The Morgan fingerprint density at radius 2 is 2.18 bits per heavy atom. The highest BCUT2D eigenvalue weighted by Crippen LogP contribution is 2.26. The highest BCUT2D eigenvalue weighted by molar-refractivity contribution is 5.75. The van der Waals surface area contributed by atoms with Gasteiger partial charge in [0.15, 0.2) is 6.10 Å². The van der Waals surface area contributed by atoms with Crippen LogP contribution in [0.25, 0.3) is 0 Å². The molecule has 1 aromatic carbocycles. The van der Waals surface area contributed by atoms with Crippen molar-refractivity contribution < 1.29 is 19.9 Å². The average molecular weight is 236 g/mol. The summed E-state index contributed by atoms with van der Waals surface area (Å²) in [6.07, 6.45) is -1.89. The van der Waals surface area contributed by atoms with Crippen LogP contribution in [0.2, 0.25) is 0 Å². The van der Waals surface area contributed by atoms with Crippen molar-refractivity contribution in [1.82, 2.24) is 0 Å². The summed E-state index contributed by atoms with van der Waals surface area (Å²) < 4.78 is 0. The lowest BCUT2D eigenvalue weighted by molar-refractivity contribution is -0.385. The fraction of sp³-hybridized carbons (Fsp3) is 0.200. The maximum atomic E-state index is 10.7. The summed E-state index contributed by atoms with van der Waals surface area (Å²) in [5, 5.41) is 37.3. The van der Waals surface area contributed by atoms with Gasteiger partial charge >= 0.3 is 5.97 Å². The van der Waals surface area contributed by atoms with Crippen molar-refractivity contribution >= 4 is 11.7 Å². The molecule has 0 aliphatic rings. The Bertz CT molecular complexity index is 532. The number of hydrogen-bond acceptors (Lipinski definition) is 5. The van der Waals surface area contributed by atoms with Crippen molar-refractivity contribution in [2.75, 3.05) is 0 Å². The van der Waals surface area contributed by atoms with Gasteiger partial charge in [0.05, 0.1) is 16.6 Å². The van der Waals surface area contributed by atoms with Crippen molar-refractivity contribution in [3.8, 4) is 6.07 Å². The van der Waals surface area contributed by atoms with Gasteiger partial charge in [-0.15, -0.1) is 0 Å². The Balaban J connectivity index is 3.46. The van der Waals surface area contributed by atoms with Crippen molar-refractivity contribution in [3.05, 3.63) is 38.9 Å². The molecule has 88 valence electrons. The van der Waals surface area contributed by atoms with Gasteiger partial charge in [0, 0.05) is 11.6 Å². The number of aliphatic hydroxyl groups excluding tert-OH is 1. The topological polar surface area (TPSA) is 124 Å². The maximum Gasteiger partial charge on any atom is 0.337 e. The number of carboxylic acid groups (broad SMARTS) is 1. The van der Waals surface area contributed by atoms with E-state index in [2.05, 4.69) is 0 Å². The number of nitro groups is 1. The van der Waals surface area contributed by atoms with Gasteiger partial charge < -0.3 is 10.2 Å². The molecule has 17 heavy (non-hydrogen) atoms. The first-order chi connectivity index (χ1) is 7.88. The predicted octanol–water partition coefficient (Wildman–Crippen LogP) is 0.893. The standard InChI is InChI=1S/C10H8N2O5/c1-5-7(4-11)2-6(9(13)10(14)15)3-8(5)12(16)17/h2-3,9,13H,1H3,(H,14,15). The summed E-state index contributed by atoms with van der Waals surface area (Å²) in [6, 6.07) is 3.80. The van der Waals surface area contributed by atoms with E-state index in [1.807, 2.05) is 0 Å². The molecule has 0 heterocycles. The molecule has 0 saturated heterocycles. The Labute approximate surface area is 95.7 Å². The minimum absolute atomic E-state index is 0.0329. The number of aliphatic hydroxyl groups is 1. The molecule has 1 aromatic rings. The molecule has 7 nitrogen and oxygen atoms in total. The van der Waals surface area contributed by atoms with Gasteiger partial charge in [0.1, 0.15) is 0 Å². The Morgan fingerprint density at radius 1 is 1.59 bits per heavy atom. The molecule has 0 fully saturated rings. The molecular formula is C10H8N2O5. The third kappa shape index (κ3) is 2.38. The third-order valence-electron chi connectivity index (χ3n) is 2.27. The molecule has 0 bridgehead atoms. The van der Waals surface area contributed by atoms with Crippen LogP contribution in [-0.2, 0) is 4.79 Å². The second kappa shape index (κ2) is 4.59. The zero-order valence-electron chi connectivity index (χ0n) is 8.75. The summed E-state index contributed by atoms with van der Waals surface area (Å²) in [5.41, 5.74) is -0.473. The van der Waals surface area contributed by atoms with Crippen LogP contribution in [0.1, 0.15) is 22.8 Å². The van der Waals surface area contributed by atoms with E-state index < -0.39 is 17.0 Å². The SMILES string of the molecule is Cc1c(C#N)cc(C(O)C(=O)O)cc1[N+](=O)[O-]. The van der Waals surface area contributed by atoms with Gasteiger partial charge in [-0.25, -0.2) is 4.79 Å². The van der Waals surface area contributed by atoms with Crippen LogP contribution in [-0.4, -0.2) is 21.1 Å². The number of benzene rings is 1. The number of rotatable bonds is 3. The number of carbonyl (C=O) groups is 1. The summed E-state index contributed by atoms with van der Waals surface area (Å²) in [7, 11) is 0. The second-order valence-electron chi connectivity index (χ2n) is 3.32. The lowest BCUT2D eigenvalue weighted by atomic mass is 10.0. The summed E-state index contributed by atoms with van der Waals surface area (Å²) in [4.78, 5) is 20.5. The molecule has 1 unspecified atom stereocenters. The fourth-order valence-electron chi connectivity index (χ4n) is 1.33. The first kappa shape index (κ1) is 12.6. The molecular weight excluding hydrogens is 228 g/mol. The van der Waals surface area contributed by atoms with Gasteiger partial charge in [-0.3, -0.25) is 10.1 Å².